The predicted octanol–water partition coefficient (Wildman–Crippen LogP) is 4.91. The van der Waals surface area contributed by atoms with Crippen LogP contribution in [0, 0.1) is 0 Å². The van der Waals surface area contributed by atoms with Crippen LogP contribution >= 0.6 is 8.58 Å². The van der Waals surface area contributed by atoms with Crippen LogP contribution in [0.25, 0.3) is 0 Å². The molecule has 2 aromatic rings. The quantitative estimate of drug-likeness (QED) is 0.691. The van der Waals surface area contributed by atoms with Crippen LogP contribution in [0.4, 0.5) is 0 Å². The Morgan fingerprint density at radius 3 is 1.33 bits per heavy atom. The molecule has 0 fully saturated rings. The second-order valence-electron chi connectivity index (χ2n) is 7.79. The lowest BCUT2D eigenvalue weighted by molar-refractivity contribution is 0.590. The van der Waals surface area contributed by atoms with Crippen molar-refractivity contribution in [2.75, 3.05) is 0 Å². The summed E-state index contributed by atoms with van der Waals surface area (Å²) in [4.78, 5) is 0. The summed E-state index contributed by atoms with van der Waals surface area (Å²) in [7, 11) is 0.728. The fourth-order valence-electron chi connectivity index (χ4n) is 2.29. The Kier molecular flexibility index (Phi) is 4.59. The van der Waals surface area contributed by atoms with E-state index in [9.17, 15) is 0 Å². The molecule has 2 rings (SSSR count). The molecule has 112 valence electrons. The molecule has 0 spiro atoms. The number of rotatable bonds is 2. The van der Waals surface area contributed by atoms with Crippen LogP contribution in [-0.2, 0) is 10.8 Å². The van der Waals surface area contributed by atoms with Gasteiger partial charge in [0.2, 0.25) is 0 Å². The zero-order valence-corrected chi connectivity index (χ0v) is 15.1. The molecule has 0 saturated carbocycles. The van der Waals surface area contributed by atoms with Gasteiger partial charge in [0.15, 0.2) is 0 Å². The van der Waals surface area contributed by atoms with Crippen LogP contribution < -0.4 is 10.6 Å². The first kappa shape index (κ1) is 16.2. The minimum atomic E-state index is 0.216. The van der Waals surface area contributed by atoms with E-state index < -0.39 is 0 Å². The highest BCUT2D eigenvalue weighted by Gasteiger charge is 2.15. The number of hydrogen-bond donors (Lipinski definition) is 0. The lowest BCUT2D eigenvalue weighted by atomic mass is 9.87. The minimum absolute atomic E-state index is 0.216. The largest absolute Gasteiger partial charge is 0.0613 e. The molecule has 0 N–H and O–H groups in total. The summed E-state index contributed by atoms with van der Waals surface area (Å²) in [5.41, 5.74) is 3.26. The van der Waals surface area contributed by atoms with Gasteiger partial charge in [0.05, 0.1) is 0 Å². The van der Waals surface area contributed by atoms with Crippen molar-refractivity contribution in [3.8, 4) is 0 Å². The van der Waals surface area contributed by atoms with E-state index in [0.29, 0.717) is 0 Å². The van der Waals surface area contributed by atoms with Crippen LogP contribution in [-0.4, -0.2) is 0 Å². The first-order valence-corrected chi connectivity index (χ1v) is 8.64. The first-order chi connectivity index (χ1) is 9.66. The van der Waals surface area contributed by atoms with E-state index in [0.717, 1.165) is 8.58 Å². The van der Waals surface area contributed by atoms with Gasteiger partial charge < -0.3 is 0 Å². The maximum atomic E-state index is 2.36. The molecule has 0 nitrogen and oxygen atoms in total. The van der Waals surface area contributed by atoms with Crippen LogP contribution in [0.15, 0.2) is 48.5 Å². The Hall–Kier alpha value is -1.13. The Morgan fingerprint density at radius 1 is 0.619 bits per heavy atom. The third-order valence-electron chi connectivity index (χ3n) is 3.75. The van der Waals surface area contributed by atoms with E-state index >= 15 is 0 Å². The first-order valence-electron chi connectivity index (χ1n) is 7.64. The minimum Gasteiger partial charge on any atom is -0.0613 e. The van der Waals surface area contributed by atoms with E-state index in [2.05, 4.69) is 90.1 Å². The molecule has 2 aromatic carbocycles. The van der Waals surface area contributed by atoms with Gasteiger partial charge in [-0.25, -0.2) is 0 Å². The summed E-state index contributed by atoms with van der Waals surface area (Å²) in [6.07, 6.45) is 0. The molecule has 0 aliphatic carbocycles. The molecule has 0 atom stereocenters. The van der Waals surface area contributed by atoms with Crippen molar-refractivity contribution < 1.29 is 0 Å². The highest BCUT2D eigenvalue weighted by Crippen LogP contribution is 2.25. The number of benzene rings is 2. The van der Waals surface area contributed by atoms with Gasteiger partial charge in [0.25, 0.3) is 0 Å². The average molecular weight is 298 g/mol. The Labute approximate surface area is 131 Å². The van der Waals surface area contributed by atoms with Crippen molar-refractivity contribution in [2.24, 2.45) is 0 Å². The Morgan fingerprint density at radius 2 is 1.00 bits per heavy atom. The maximum Gasteiger partial charge on any atom is -0.0132 e. The van der Waals surface area contributed by atoms with E-state index in [4.69, 9.17) is 0 Å². The van der Waals surface area contributed by atoms with Gasteiger partial charge in [-0.3, -0.25) is 0 Å². The molecular weight excluding hydrogens is 271 g/mol. The third kappa shape index (κ3) is 4.42. The normalized spacial score (nSPS) is 12.5. The lowest BCUT2D eigenvalue weighted by Gasteiger charge is -2.21. The molecular formula is C20H27P. The summed E-state index contributed by atoms with van der Waals surface area (Å²) < 4.78 is 0. The van der Waals surface area contributed by atoms with Gasteiger partial charge in [0.1, 0.15) is 0 Å². The van der Waals surface area contributed by atoms with Crippen molar-refractivity contribution in [2.45, 2.75) is 52.4 Å². The molecule has 1 heteroatoms. The molecule has 0 amide bonds. The Bertz CT molecular complexity index is 557. The van der Waals surface area contributed by atoms with Gasteiger partial charge in [0, 0.05) is 0 Å². The van der Waals surface area contributed by atoms with E-state index in [1.165, 1.54) is 21.7 Å². The molecule has 0 aromatic heterocycles. The van der Waals surface area contributed by atoms with Crippen LogP contribution in [0.5, 0.6) is 0 Å². The molecule has 0 bridgehead atoms. The van der Waals surface area contributed by atoms with Gasteiger partial charge in [-0.2, -0.15) is 0 Å². The van der Waals surface area contributed by atoms with Gasteiger partial charge in [-0.1, -0.05) is 98.7 Å². The van der Waals surface area contributed by atoms with Crippen molar-refractivity contribution in [1.82, 2.24) is 0 Å². The van der Waals surface area contributed by atoms with Crippen molar-refractivity contribution in [1.29, 1.82) is 0 Å². The van der Waals surface area contributed by atoms with Crippen LogP contribution in [0.3, 0.4) is 0 Å². The molecule has 0 aliphatic heterocycles. The Balaban J connectivity index is 2.27. The summed E-state index contributed by atoms with van der Waals surface area (Å²) in [6.45, 7) is 13.6. The van der Waals surface area contributed by atoms with Crippen molar-refractivity contribution in [3.63, 3.8) is 0 Å². The van der Waals surface area contributed by atoms with Crippen molar-refractivity contribution >= 4 is 19.2 Å². The van der Waals surface area contributed by atoms with Crippen LogP contribution in [0.1, 0.15) is 52.7 Å². The second-order valence-corrected chi connectivity index (χ2v) is 9.19. The average Bonchev–Trinajstić information content (AvgIpc) is 2.37. The highest BCUT2D eigenvalue weighted by molar-refractivity contribution is 7.55. The molecule has 0 heterocycles. The monoisotopic (exact) mass is 298 g/mol. The lowest BCUT2D eigenvalue weighted by Crippen LogP contribution is -2.16. The van der Waals surface area contributed by atoms with Crippen molar-refractivity contribution in [3.05, 3.63) is 59.7 Å². The zero-order chi connectivity index (χ0) is 15.7. The maximum absolute atomic E-state index is 2.36. The summed E-state index contributed by atoms with van der Waals surface area (Å²) in [5, 5.41) is 2.85. The fourth-order valence-corrected chi connectivity index (χ4v) is 3.44. The van der Waals surface area contributed by atoms with Gasteiger partial charge in [-0.15, -0.1) is 0 Å². The fraction of sp³-hybridized carbons (Fsp3) is 0.400. The smallest absolute Gasteiger partial charge is 0.0132 e. The zero-order valence-electron chi connectivity index (χ0n) is 14.1. The predicted molar refractivity (Wildman–Crippen MR) is 97.9 cm³/mol. The molecule has 0 aliphatic rings. The van der Waals surface area contributed by atoms with Gasteiger partial charge in [-0.05, 0) is 32.6 Å². The molecule has 0 radical (unpaired) electrons. The third-order valence-corrected chi connectivity index (χ3v) is 4.95. The van der Waals surface area contributed by atoms with E-state index in [1.54, 1.807) is 0 Å². The second kappa shape index (κ2) is 5.93. The molecule has 21 heavy (non-hydrogen) atoms. The standard InChI is InChI=1S/C20H27P/c1-19(2,3)15-9-7-11-17(13-15)21-18-12-8-10-16(14-18)20(4,5)6/h7-14,21H,1-6H3. The number of hydrogen-bond acceptors (Lipinski definition) is 0. The van der Waals surface area contributed by atoms with E-state index in [1.807, 2.05) is 0 Å². The van der Waals surface area contributed by atoms with Crippen LogP contribution in [0.2, 0.25) is 0 Å². The SMILES string of the molecule is CC(C)(C)c1cccc(Pc2cccc(C(C)(C)C)c2)c1. The van der Waals surface area contributed by atoms with E-state index in [-0.39, 0.29) is 10.8 Å². The molecule has 0 saturated heterocycles. The summed E-state index contributed by atoms with van der Waals surface area (Å²) in [5.74, 6) is 0. The van der Waals surface area contributed by atoms with Gasteiger partial charge >= 0.3 is 0 Å². The summed E-state index contributed by atoms with van der Waals surface area (Å²) in [6, 6.07) is 18.1. The molecule has 0 unspecified atom stereocenters. The highest BCUT2D eigenvalue weighted by atomic mass is 31.1. The summed E-state index contributed by atoms with van der Waals surface area (Å²) >= 11 is 0. The topological polar surface area (TPSA) is 0 Å².